The number of nitrogens with one attached hydrogen (secondary N) is 1. The zero-order valence-corrected chi connectivity index (χ0v) is 12.7. The molecular formula is C15H20N2OS. The van der Waals surface area contributed by atoms with Crippen LogP contribution in [0.5, 0.6) is 5.75 Å². The Bertz CT molecular complexity index is 551. The molecular weight excluding hydrogens is 256 g/mol. The molecule has 1 unspecified atom stereocenters. The molecule has 1 aromatic heterocycles. The summed E-state index contributed by atoms with van der Waals surface area (Å²) in [6, 6.07) is 6.42. The molecule has 102 valence electrons. The highest BCUT2D eigenvalue weighted by atomic mass is 32.1. The summed E-state index contributed by atoms with van der Waals surface area (Å²) in [6.45, 7) is 9.00. The molecule has 1 atom stereocenters. The molecule has 0 aliphatic heterocycles. The van der Waals surface area contributed by atoms with Gasteiger partial charge in [0.2, 0.25) is 0 Å². The van der Waals surface area contributed by atoms with Crippen molar-refractivity contribution in [3.05, 3.63) is 39.8 Å². The summed E-state index contributed by atoms with van der Waals surface area (Å²) in [4.78, 5) is 5.58. The number of rotatable bonds is 5. The van der Waals surface area contributed by atoms with Gasteiger partial charge in [-0.1, -0.05) is 0 Å². The number of thiazole rings is 1. The number of ether oxygens (including phenoxy) is 1. The maximum absolute atomic E-state index is 5.50. The number of benzene rings is 1. The second-order valence-corrected chi connectivity index (χ2v) is 5.46. The van der Waals surface area contributed by atoms with Crippen LogP contribution in [0, 0.1) is 13.8 Å². The second kappa shape index (κ2) is 6.06. The maximum atomic E-state index is 5.50. The minimum Gasteiger partial charge on any atom is -0.494 e. The first-order chi connectivity index (χ1) is 9.11. The molecule has 0 aliphatic carbocycles. The Labute approximate surface area is 118 Å². The lowest BCUT2D eigenvalue weighted by molar-refractivity contribution is 0.340. The minimum atomic E-state index is 0.268. The first kappa shape index (κ1) is 13.9. The van der Waals surface area contributed by atoms with E-state index >= 15 is 0 Å². The molecule has 0 spiro atoms. The van der Waals surface area contributed by atoms with Crippen LogP contribution in [0.4, 0.5) is 5.69 Å². The highest BCUT2D eigenvalue weighted by Crippen LogP contribution is 2.28. The Kier molecular flexibility index (Phi) is 4.43. The van der Waals surface area contributed by atoms with Gasteiger partial charge in [0, 0.05) is 10.6 Å². The van der Waals surface area contributed by atoms with Crippen LogP contribution >= 0.6 is 11.3 Å². The highest BCUT2D eigenvalue weighted by Gasteiger charge is 2.12. The first-order valence-electron chi connectivity index (χ1n) is 6.51. The van der Waals surface area contributed by atoms with Crippen molar-refractivity contribution in [3.8, 4) is 5.75 Å². The van der Waals surface area contributed by atoms with Crippen LogP contribution in [-0.2, 0) is 0 Å². The molecule has 19 heavy (non-hydrogen) atoms. The van der Waals surface area contributed by atoms with Gasteiger partial charge in [-0.25, -0.2) is 4.98 Å². The fourth-order valence-electron chi connectivity index (χ4n) is 2.08. The minimum absolute atomic E-state index is 0.268. The number of anilines is 1. The fourth-order valence-corrected chi connectivity index (χ4v) is 2.89. The van der Waals surface area contributed by atoms with Crippen molar-refractivity contribution in [2.45, 2.75) is 33.7 Å². The Hall–Kier alpha value is -1.55. The van der Waals surface area contributed by atoms with Gasteiger partial charge >= 0.3 is 0 Å². The Morgan fingerprint density at radius 1 is 1.37 bits per heavy atom. The Balaban J connectivity index is 2.13. The molecule has 0 aliphatic rings. The molecule has 0 radical (unpaired) electrons. The number of hydrogen-bond acceptors (Lipinski definition) is 4. The molecule has 1 N–H and O–H groups in total. The summed E-state index contributed by atoms with van der Waals surface area (Å²) in [5, 5.41) is 3.54. The van der Waals surface area contributed by atoms with E-state index in [2.05, 4.69) is 43.2 Å². The zero-order chi connectivity index (χ0) is 13.8. The van der Waals surface area contributed by atoms with Crippen molar-refractivity contribution in [1.29, 1.82) is 0 Å². The normalized spacial score (nSPS) is 12.2. The van der Waals surface area contributed by atoms with Crippen molar-refractivity contribution in [2.75, 3.05) is 11.9 Å². The lowest BCUT2D eigenvalue weighted by Gasteiger charge is -2.17. The molecule has 0 fully saturated rings. The second-order valence-electron chi connectivity index (χ2n) is 4.58. The van der Waals surface area contributed by atoms with E-state index in [1.165, 1.54) is 10.4 Å². The number of hydrogen-bond donors (Lipinski definition) is 1. The summed E-state index contributed by atoms with van der Waals surface area (Å²) in [7, 11) is 0. The smallest absolute Gasteiger partial charge is 0.119 e. The van der Waals surface area contributed by atoms with Gasteiger partial charge in [0.15, 0.2) is 0 Å². The van der Waals surface area contributed by atoms with Gasteiger partial charge in [0.05, 0.1) is 23.9 Å². The van der Waals surface area contributed by atoms with Crippen LogP contribution in [0.15, 0.2) is 23.7 Å². The van der Waals surface area contributed by atoms with Gasteiger partial charge in [-0.15, -0.1) is 11.3 Å². The van der Waals surface area contributed by atoms with E-state index in [0.717, 1.165) is 17.1 Å². The van der Waals surface area contributed by atoms with E-state index in [0.29, 0.717) is 6.61 Å². The van der Waals surface area contributed by atoms with Crippen LogP contribution < -0.4 is 10.1 Å². The topological polar surface area (TPSA) is 34.1 Å². The SMILES string of the molecule is CCOc1ccc(NC(C)c2scnc2C)c(C)c1. The van der Waals surface area contributed by atoms with E-state index in [-0.39, 0.29) is 6.04 Å². The van der Waals surface area contributed by atoms with Gasteiger partial charge in [-0.2, -0.15) is 0 Å². The van der Waals surface area contributed by atoms with Crippen molar-refractivity contribution in [1.82, 2.24) is 4.98 Å². The van der Waals surface area contributed by atoms with Crippen LogP contribution in [0.3, 0.4) is 0 Å². The molecule has 4 heteroatoms. The van der Waals surface area contributed by atoms with Gasteiger partial charge < -0.3 is 10.1 Å². The van der Waals surface area contributed by atoms with Gasteiger partial charge in [0.1, 0.15) is 5.75 Å². The third kappa shape index (κ3) is 3.26. The maximum Gasteiger partial charge on any atom is 0.119 e. The molecule has 0 bridgehead atoms. The summed E-state index contributed by atoms with van der Waals surface area (Å²) in [5.74, 6) is 0.923. The van der Waals surface area contributed by atoms with E-state index < -0.39 is 0 Å². The highest BCUT2D eigenvalue weighted by molar-refractivity contribution is 7.09. The van der Waals surface area contributed by atoms with E-state index in [9.17, 15) is 0 Å². The third-order valence-electron chi connectivity index (χ3n) is 3.06. The summed E-state index contributed by atoms with van der Waals surface area (Å²) >= 11 is 1.70. The van der Waals surface area contributed by atoms with Crippen molar-refractivity contribution in [3.63, 3.8) is 0 Å². The fraction of sp³-hybridized carbons (Fsp3) is 0.400. The zero-order valence-electron chi connectivity index (χ0n) is 11.9. The van der Waals surface area contributed by atoms with Gasteiger partial charge in [0.25, 0.3) is 0 Å². The molecule has 1 aromatic carbocycles. The van der Waals surface area contributed by atoms with Gasteiger partial charge in [-0.3, -0.25) is 0 Å². The van der Waals surface area contributed by atoms with E-state index in [4.69, 9.17) is 4.74 Å². The van der Waals surface area contributed by atoms with Crippen LogP contribution in [0.25, 0.3) is 0 Å². The van der Waals surface area contributed by atoms with Crippen LogP contribution in [0.1, 0.15) is 36.0 Å². The predicted octanol–water partition coefficient (Wildman–Crippen LogP) is 4.33. The molecule has 2 rings (SSSR count). The van der Waals surface area contributed by atoms with Crippen molar-refractivity contribution < 1.29 is 4.74 Å². The standard InChI is InChI=1S/C15H20N2OS/c1-5-18-13-6-7-14(10(2)8-13)17-12(4)15-11(3)16-9-19-15/h6-9,12,17H,5H2,1-4H3. The predicted molar refractivity (Wildman–Crippen MR) is 81.2 cm³/mol. The summed E-state index contributed by atoms with van der Waals surface area (Å²) < 4.78 is 5.50. The van der Waals surface area contributed by atoms with Crippen molar-refractivity contribution >= 4 is 17.0 Å². The van der Waals surface area contributed by atoms with Crippen molar-refractivity contribution in [2.24, 2.45) is 0 Å². The quantitative estimate of drug-likeness (QED) is 0.882. The lowest BCUT2D eigenvalue weighted by Crippen LogP contribution is -2.07. The molecule has 3 nitrogen and oxygen atoms in total. The summed E-state index contributed by atoms with van der Waals surface area (Å²) in [5.41, 5.74) is 5.34. The largest absolute Gasteiger partial charge is 0.494 e. The monoisotopic (exact) mass is 276 g/mol. The molecule has 0 saturated carbocycles. The van der Waals surface area contributed by atoms with E-state index in [1.807, 2.05) is 18.5 Å². The number of aromatic nitrogens is 1. The van der Waals surface area contributed by atoms with Gasteiger partial charge in [-0.05, 0) is 51.5 Å². The number of nitrogens with zero attached hydrogens (tertiary/aromatic N) is 1. The average Bonchev–Trinajstić information content (AvgIpc) is 2.79. The van der Waals surface area contributed by atoms with E-state index in [1.54, 1.807) is 11.3 Å². The molecule has 1 heterocycles. The summed E-state index contributed by atoms with van der Waals surface area (Å²) in [6.07, 6.45) is 0. The molecule has 2 aromatic rings. The first-order valence-corrected chi connectivity index (χ1v) is 7.39. The average molecular weight is 276 g/mol. The Morgan fingerprint density at radius 3 is 2.74 bits per heavy atom. The Morgan fingerprint density at radius 2 is 2.16 bits per heavy atom. The van der Waals surface area contributed by atoms with Crippen LogP contribution in [-0.4, -0.2) is 11.6 Å². The molecule has 0 amide bonds. The number of aryl methyl sites for hydroxylation is 2. The van der Waals surface area contributed by atoms with Crippen LogP contribution in [0.2, 0.25) is 0 Å². The molecule has 0 saturated heterocycles. The third-order valence-corrected chi connectivity index (χ3v) is 4.17. The lowest BCUT2D eigenvalue weighted by atomic mass is 10.1.